The van der Waals surface area contributed by atoms with Crippen LogP contribution in [0.1, 0.15) is 52.9 Å². The van der Waals surface area contributed by atoms with Gasteiger partial charge in [0.15, 0.2) is 5.76 Å². The van der Waals surface area contributed by atoms with Crippen molar-refractivity contribution in [2.45, 2.75) is 40.2 Å². The molecule has 4 rings (SSSR count). The van der Waals surface area contributed by atoms with Crippen molar-refractivity contribution >= 4 is 5.91 Å². The molecule has 162 valence electrons. The van der Waals surface area contributed by atoms with Crippen molar-refractivity contribution in [2.75, 3.05) is 0 Å². The number of nitrogens with zero attached hydrogens (tertiary/aromatic N) is 4. The molecule has 0 saturated carbocycles. The third-order valence-electron chi connectivity index (χ3n) is 5.30. The Kier molecular flexibility index (Phi) is 6.07. The molecule has 1 amide bonds. The van der Waals surface area contributed by atoms with Crippen molar-refractivity contribution < 1.29 is 9.32 Å². The van der Waals surface area contributed by atoms with Gasteiger partial charge in [0.2, 0.25) is 0 Å². The highest BCUT2D eigenvalue weighted by Gasteiger charge is 2.19. The van der Waals surface area contributed by atoms with Crippen molar-refractivity contribution in [3.8, 4) is 22.6 Å². The third-order valence-corrected chi connectivity index (χ3v) is 5.30. The molecular formula is C25H25N5O2. The Hall–Kier alpha value is -3.87. The van der Waals surface area contributed by atoms with Gasteiger partial charge in [-0.25, -0.2) is 9.97 Å². The van der Waals surface area contributed by atoms with Gasteiger partial charge in [-0.15, -0.1) is 0 Å². The summed E-state index contributed by atoms with van der Waals surface area (Å²) >= 11 is 0. The lowest BCUT2D eigenvalue weighted by molar-refractivity contribution is 0.0946. The second-order valence-corrected chi connectivity index (χ2v) is 7.96. The number of hydrogen-bond donors (Lipinski definition) is 1. The van der Waals surface area contributed by atoms with Gasteiger partial charge in [0.1, 0.15) is 11.5 Å². The van der Waals surface area contributed by atoms with Crippen LogP contribution in [-0.4, -0.2) is 26.0 Å². The summed E-state index contributed by atoms with van der Waals surface area (Å²) in [7, 11) is 0. The van der Waals surface area contributed by atoms with Crippen LogP contribution in [0.5, 0.6) is 0 Å². The quantitative estimate of drug-likeness (QED) is 0.472. The molecular weight excluding hydrogens is 402 g/mol. The molecule has 3 heterocycles. The normalized spacial score (nSPS) is 11.0. The molecule has 0 saturated heterocycles. The van der Waals surface area contributed by atoms with Crippen LogP contribution in [0.4, 0.5) is 0 Å². The standard InChI is InChI=1S/C25H25N5O2/c1-15(2)24-27-14-20(23-16(3)17(4)30-32-23)22(29-24)19-10-8-18(9-11-19)13-28-25(31)21-7-5-6-12-26-21/h5-12,14-15H,13H2,1-4H3,(H,28,31). The predicted octanol–water partition coefficient (Wildman–Crippen LogP) is 4.86. The Balaban J connectivity index is 1.61. The Labute approximate surface area is 186 Å². The number of nitrogens with one attached hydrogen (secondary N) is 1. The summed E-state index contributed by atoms with van der Waals surface area (Å²) in [6.07, 6.45) is 3.41. The summed E-state index contributed by atoms with van der Waals surface area (Å²) in [6.45, 7) is 8.43. The van der Waals surface area contributed by atoms with Crippen LogP contribution >= 0.6 is 0 Å². The molecule has 0 bridgehead atoms. The van der Waals surface area contributed by atoms with E-state index in [-0.39, 0.29) is 11.8 Å². The van der Waals surface area contributed by atoms with Crippen LogP contribution in [0.2, 0.25) is 0 Å². The first-order valence-electron chi connectivity index (χ1n) is 10.5. The highest BCUT2D eigenvalue weighted by molar-refractivity contribution is 5.92. The van der Waals surface area contributed by atoms with E-state index in [2.05, 4.69) is 34.3 Å². The summed E-state index contributed by atoms with van der Waals surface area (Å²) in [5.41, 5.74) is 5.74. The molecule has 0 aliphatic heterocycles. The van der Waals surface area contributed by atoms with Crippen molar-refractivity contribution in [1.82, 2.24) is 25.4 Å². The predicted molar refractivity (Wildman–Crippen MR) is 122 cm³/mol. The number of aromatic nitrogens is 4. The van der Waals surface area contributed by atoms with Crippen molar-refractivity contribution in [3.05, 3.63) is 83.2 Å². The number of benzene rings is 1. The minimum Gasteiger partial charge on any atom is -0.356 e. The first-order valence-corrected chi connectivity index (χ1v) is 10.5. The molecule has 0 unspecified atom stereocenters. The van der Waals surface area contributed by atoms with Gasteiger partial charge in [-0.3, -0.25) is 9.78 Å². The molecule has 1 aromatic carbocycles. The molecule has 0 aliphatic carbocycles. The zero-order valence-corrected chi connectivity index (χ0v) is 18.6. The summed E-state index contributed by atoms with van der Waals surface area (Å²) in [5, 5.41) is 6.98. The minimum absolute atomic E-state index is 0.196. The van der Waals surface area contributed by atoms with E-state index < -0.39 is 0 Å². The number of carbonyl (C=O) groups is 1. The lowest BCUT2D eigenvalue weighted by Gasteiger charge is -2.12. The van der Waals surface area contributed by atoms with E-state index in [1.807, 2.05) is 44.3 Å². The summed E-state index contributed by atoms with van der Waals surface area (Å²) < 4.78 is 5.59. The molecule has 3 aromatic heterocycles. The van der Waals surface area contributed by atoms with E-state index in [0.717, 1.165) is 39.5 Å². The maximum Gasteiger partial charge on any atom is 0.270 e. The Morgan fingerprint density at radius 3 is 2.47 bits per heavy atom. The molecule has 7 heteroatoms. The number of carbonyl (C=O) groups excluding carboxylic acids is 1. The van der Waals surface area contributed by atoms with Gasteiger partial charge >= 0.3 is 0 Å². The van der Waals surface area contributed by atoms with Crippen molar-refractivity contribution in [3.63, 3.8) is 0 Å². The third kappa shape index (κ3) is 4.42. The zero-order valence-electron chi connectivity index (χ0n) is 18.6. The number of rotatable bonds is 6. The van der Waals surface area contributed by atoms with Crippen LogP contribution in [0.3, 0.4) is 0 Å². The molecule has 32 heavy (non-hydrogen) atoms. The Bertz CT molecular complexity index is 1230. The average molecular weight is 428 g/mol. The van der Waals surface area contributed by atoms with Gasteiger partial charge in [0, 0.05) is 36.0 Å². The monoisotopic (exact) mass is 427 g/mol. The first kappa shape index (κ1) is 21.4. The van der Waals surface area contributed by atoms with Crippen LogP contribution < -0.4 is 5.32 Å². The van der Waals surface area contributed by atoms with E-state index >= 15 is 0 Å². The molecule has 4 aromatic rings. The molecule has 1 N–H and O–H groups in total. The Morgan fingerprint density at radius 1 is 1.06 bits per heavy atom. The minimum atomic E-state index is -0.203. The molecule has 0 atom stereocenters. The Morgan fingerprint density at radius 2 is 1.84 bits per heavy atom. The van der Waals surface area contributed by atoms with Gasteiger partial charge in [-0.2, -0.15) is 0 Å². The molecule has 7 nitrogen and oxygen atoms in total. The van der Waals surface area contributed by atoms with E-state index in [4.69, 9.17) is 9.51 Å². The molecule has 0 fully saturated rings. The zero-order chi connectivity index (χ0) is 22.7. The summed E-state index contributed by atoms with van der Waals surface area (Å²) in [6, 6.07) is 13.2. The molecule has 0 radical (unpaired) electrons. The lowest BCUT2D eigenvalue weighted by Crippen LogP contribution is -2.23. The average Bonchev–Trinajstić information content (AvgIpc) is 3.16. The van der Waals surface area contributed by atoms with Crippen LogP contribution in [0, 0.1) is 13.8 Å². The largest absolute Gasteiger partial charge is 0.356 e. The summed E-state index contributed by atoms with van der Waals surface area (Å²) in [4.78, 5) is 25.7. The van der Waals surface area contributed by atoms with E-state index in [1.165, 1.54) is 0 Å². The number of amides is 1. The van der Waals surface area contributed by atoms with E-state index in [1.54, 1.807) is 24.4 Å². The molecule has 0 aliphatic rings. The van der Waals surface area contributed by atoms with Gasteiger partial charge in [-0.1, -0.05) is 49.3 Å². The van der Waals surface area contributed by atoms with Crippen LogP contribution in [0.25, 0.3) is 22.6 Å². The fraction of sp³-hybridized carbons (Fsp3) is 0.240. The van der Waals surface area contributed by atoms with Gasteiger partial charge in [0.25, 0.3) is 5.91 Å². The SMILES string of the molecule is Cc1noc(-c2cnc(C(C)C)nc2-c2ccc(CNC(=O)c3ccccn3)cc2)c1C. The highest BCUT2D eigenvalue weighted by atomic mass is 16.5. The van der Waals surface area contributed by atoms with Gasteiger partial charge in [-0.05, 0) is 31.5 Å². The smallest absolute Gasteiger partial charge is 0.270 e. The van der Waals surface area contributed by atoms with E-state index in [9.17, 15) is 4.79 Å². The lowest BCUT2D eigenvalue weighted by atomic mass is 10.0. The second kappa shape index (κ2) is 9.09. The number of pyridine rings is 1. The molecule has 0 spiro atoms. The first-order chi connectivity index (χ1) is 15.4. The van der Waals surface area contributed by atoms with Crippen LogP contribution in [0.15, 0.2) is 59.4 Å². The topological polar surface area (TPSA) is 93.8 Å². The fourth-order valence-electron chi connectivity index (χ4n) is 3.28. The van der Waals surface area contributed by atoms with Crippen LogP contribution in [-0.2, 0) is 6.54 Å². The summed E-state index contributed by atoms with van der Waals surface area (Å²) in [5.74, 6) is 1.44. The van der Waals surface area contributed by atoms with Crippen molar-refractivity contribution in [2.24, 2.45) is 0 Å². The second-order valence-electron chi connectivity index (χ2n) is 7.96. The maximum atomic E-state index is 12.2. The number of hydrogen-bond acceptors (Lipinski definition) is 6. The maximum absolute atomic E-state index is 12.2. The van der Waals surface area contributed by atoms with Gasteiger partial charge < -0.3 is 9.84 Å². The van der Waals surface area contributed by atoms with Gasteiger partial charge in [0.05, 0.1) is 17.0 Å². The number of aryl methyl sites for hydroxylation is 1. The van der Waals surface area contributed by atoms with E-state index in [0.29, 0.717) is 18.0 Å². The van der Waals surface area contributed by atoms with Crippen molar-refractivity contribution in [1.29, 1.82) is 0 Å². The highest BCUT2D eigenvalue weighted by Crippen LogP contribution is 2.34. The fourth-order valence-corrected chi connectivity index (χ4v) is 3.28.